The second kappa shape index (κ2) is 8.71. The average molecular weight is 428 g/mol. The molecule has 0 aliphatic rings. The van der Waals surface area contributed by atoms with Crippen LogP contribution in [0.4, 0.5) is 0 Å². The second-order valence-corrected chi connectivity index (χ2v) is 7.98. The van der Waals surface area contributed by atoms with Gasteiger partial charge in [0, 0.05) is 17.2 Å². The molecule has 0 radical (unpaired) electrons. The van der Waals surface area contributed by atoms with E-state index in [1.165, 1.54) is 6.07 Å². The summed E-state index contributed by atoms with van der Waals surface area (Å²) in [4.78, 5) is 25.3. The first-order chi connectivity index (χ1) is 15.4. The highest BCUT2D eigenvalue weighted by Crippen LogP contribution is 2.25. The van der Waals surface area contributed by atoms with Crippen LogP contribution >= 0.6 is 0 Å². The van der Waals surface area contributed by atoms with Gasteiger partial charge in [0.2, 0.25) is 0 Å². The van der Waals surface area contributed by atoms with Crippen LogP contribution in [-0.2, 0) is 0 Å². The lowest BCUT2D eigenvalue weighted by Gasteiger charge is -2.15. The number of fused-ring (bicyclic) bond motifs is 1. The molecule has 5 nitrogen and oxygen atoms in total. The maximum atomic E-state index is 12.7. The Hall–Kier alpha value is -3.86. The summed E-state index contributed by atoms with van der Waals surface area (Å²) < 4.78 is 11.2. The Morgan fingerprint density at radius 3 is 2.31 bits per heavy atom. The first-order valence-electron chi connectivity index (χ1n) is 10.5. The molecule has 0 saturated carbocycles. The fourth-order valence-electron chi connectivity index (χ4n) is 3.79. The van der Waals surface area contributed by atoms with E-state index in [-0.39, 0.29) is 17.4 Å². The molecule has 3 aromatic carbocycles. The number of amides is 1. The van der Waals surface area contributed by atoms with Crippen molar-refractivity contribution in [3.63, 3.8) is 0 Å². The van der Waals surface area contributed by atoms with Crippen LogP contribution in [0.3, 0.4) is 0 Å². The van der Waals surface area contributed by atoms with Gasteiger partial charge in [0.05, 0.1) is 18.5 Å². The van der Waals surface area contributed by atoms with E-state index in [9.17, 15) is 9.59 Å². The van der Waals surface area contributed by atoms with Crippen LogP contribution in [0.2, 0.25) is 0 Å². The highest BCUT2D eigenvalue weighted by atomic mass is 16.5. The van der Waals surface area contributed by atoms with Gasteiger partial charge < -0.3 is 14.5 Å². The van der Waals surface area contributed by atoms with Crippen LogP contribution in [0, 0.1) is 13.8 Å². The molecule has 0 bridgehead atoms. The molecule has 1 heterocycles. The zero-order valence-corrected chi connectivity index (χ0v) is 18.6. The van der Waals surface area contributed by atoms with E-state index >= 15 is 0 Å². The van der Waals surface area contributed by atoms with Crippen molar-refractivity contribution in [3.05, 3.63) is 99.2 Å². The highest BCUT2D eigenvalue weighted by molar-refractivity contribution is 5.95. The van der Waals surface area contributed by atoms with E-state index in [0.717, 1.165) is 28.0 Å². The SMILES string of the molecule is COc1ccc(C(C)NC(=O)c2ccc(-c3cc(=O)c4cc(C)cc(C)c4o3)cc2)cc1. The maximum absolute atomic E-state index is 12.7. The molecule has 4 aromatic rings. The minimum absolute atomic E-state index is 0.0804. The fourth-order valence-corrected chi connectivity index (χ4v) is 3.79. The van der Waals surface area contributed by atoms with Gasteiger partial charge >= 0.3 is 0 Å². The van der Waals surface area contributed by atoms with Crippen molar-refractivity contribution in [2.45, 2.75) is 26.8 Å². The largest absolute Gasteiger partial charge is 0.497 e. The summed E-state index contributed by atoms with van der Waals surface area (Å²) in [7, 11) is 1.62. The number of carbonyl (C=O) groups is 1. The molecule has 0 saturated heterocycles. The average Bonchev–Trinajstić information content (AvgIpc) is 2.79. The van der Waals surface area contributed by atoms with Crippen molar-refractivity contribution in [2.24, 2.45) is 0 Å². The number of aryl methyl sites for hydroxylation is 2. The summed E-state index contributed by atoms with van der Waals surface area (Å²) in [5, 5.41) is 3.58. The van der Waals surface area contributed by atoms with Gasteiger partial charge in [-0.2, -0.15) is 0 Å². The van der Waals surface area contributed by atoms with Crippen molar-refractivity contribution in [3.8, 4) is 17.1 Å². The number of methoxy groups -OCH3 is 1. The predicted octanol–water partition coefficient (Wildman–Crippen LogP) is 5.58. The fraction of sp³-hybridized carbons (Fsp3) is 0.185. The molecule has 32 heavy (non-hydrogen) atoms. The van der Waals surface area contributed by atoms with Crippen molar-refractivity contribution in [2.75, 3.05) is 7.11 Å². The third kappa shape index (κ3) is 4.28. The van der Waals surface area contributed by atoms with Crippen molar-refractivity contribution in [1.29, 1.82) is 0 Å². The molecule has 1 unspecified atom stereocenters. The number of benzene rings is 3. The normalized spacial score (nSPS) is 11.9. The third-order valence-electron chi connectivity index (χ3n) is 5.55. The van der Waals surface area contributed by atoms with Crippen LogP contribution in [0.15, 0.2) is 75.9 Å². The lowest BCUT2D eigenvalue weighted by molar-refractivity contribution is 0.0940. The zero-order chi connectivity index (χ0) is 22.8. The highest BCUT2D eigenvalue weighted by Gasteiger charge is 2.13. The Morgan fingerprint density at radius 1 is 0.969 bits per heavy atom. The van der Waals surface area contributed by atoms with Gasteiger partial charge in [-0.25, -0.2) is 0 Å². The second-order valence-electron chi connectivity index (χ2n) is 7.98. The molecule has 1 aromatic heterocycles. The smallest absolute Gasteiger partial charge is 0.251 e. The molecular weight excluding hydrogens is 402 g/mol. The first kappa shape index (κ1) is 21.4. The van der Waals surface area contributed by atoms with Crippen LogP contribution in [0.1, 0.15) is 40.0 Å². The summed E-state index contributed by atoms with van der Waals surface area (Å²) in [5.41, 5.74) is 4.71. The van der Waals surface area contributed by atoms with Gasteiger partial charge in [-0.3, -0.25) is 9.59 Å². The van der Waals surface area contributed by atoms with E-state index in [1.807, 2.05) is 57.2 Å². The molecule has 4 rings (SSSR count). The van der Waals surface area contributed by atoms with E-state index in [2.05, 4.69) is 5.32 Å². The van der Waals surface area contributed by atoms with Crippen LogP contribution < -0.4 is 15.5 Å². The summed E-state index contributed by atoms with van der Waals surface area (Å²) in [6.45, 7) is 5.82. The Balaban J connectivity index is 1.55. The summed E-state index contributed by atoms with van der Waals surface area (Å²) in [6.07, 6.45) is 0. The number of hydrogen-bond acceptors (Lipinski definition) is 4. The minimum atomic E-state index is -0.175. The van der Waals surface area contributed by atoms with Crippen LogP contribution in [0.25, 0.3) is 22.3 Å². The first-order valence-corrected chi connectivity index (χ1v) is 10.5. The van der Waals surface area contributed by atoms with E-state index < -0.39 is 0 Å². The molecule has 1 atom stereocenters. The Kier molecular flexibility index (Phi) is 5.82. The number of ether oxygens (including phenoxy) is 1. The van der Waals surface area contributed by atoms with E-state index in [1.54, 1.807) is 31.4 Å². The quantitative estimate of drug-likeness (QED) is 0.452. The molecule has 1 amide bonds. The molecule has 0 aliphatic carbocycles. The third-order valence-corrected chi connectivity index (χ3v) is 5.55. The molecule has 5 heteroatoms. The lowest BCUT2D eigenvalue weighted by atomic mass is 10.0. The van der Waals surface area contributed by atoms with Gasteiger partial charge in [-0.1, -0.05) is 30.3 Å². The van der Waals surface area contributed by atoms with Crippen molar-refractivity contribution in [1.82, 2.24) is 5.32 Å². The summed E-state index contributed by atoms with van der Waals surface area (Å²) in [5.74, 6) is 1.08. The number of rotatable bonds is 5. The van der Waals surface area contributed by atoms with Crippen molar-refractivity contribution >= 4 is 16.9 Å². The monoisotopic (exact) mass is 427 g/mol. The minimum Gasteiger partial charge on any atom is -0.497 e. The summed E-state index contributed by atoms with van der Waals surface area (Å²) in [6, 6.07) is 19.8. The van der Waals surface area contributed by atoms with Gasteiger partial charge in [-0.15, -0.1) is 0 Å². The lowest BCUT2D eigenvalue weighted by Crippen LogP contribution is -2.26. The molecule has 1 N–H and O–H groups in total. The predicted molar refractivity (Wildman–Crippen MR) is 126 cm³/mol. The topological polar surface area (TPSA) is 68.5 Å². The molecular formula is C27H25NO4. The number of hydrogen-bond donors (Lipinski definition) is 1. The van der Waals surface area contributed by atoms with Gasteiger partial charge in [-0.05, 0) is 67.8 Å². The molecule has 162 valence electrons. The Bertz CT molecular complexity index is 1340. The maximum Gasteiger partial charge on any atom is 0.251 e. The number of nitrogens with one attached hydrogen (secondary N) is 1. The molecule has 0 fully saturated rings. The molecule has 0 spiro atoms. The zero-order valence-electron chi connectivity index (χ0n) is 18.6. The van der Waals surface area contributed by atoms with E-state index in [4.69, 9.17) is 9.15 Å². The van der Waals surface area contributed by atoms with Gasteiger partial charge in [0.25, 0.3) is 5.91 Å². The van der Waals surface area contributed by atoms with Crippen LogP contribution in [-0.4, -0.2) is 13.0 Å². The number of carbonyl (C=O) groups excluding carboxylic acids is 1. The van der Waals surface area contributed by atoms with Crippen molar-refractivity contribution < 1.29 is 13.9 Å². The Labute approximate surface area is 186 Å². The Morgan fingerprint density at radius 2 is 1.66 bits per heavy atom. The summed E-state index contributed by atoms with van der Waals surface area (Å²) >= 11 is 0. The molecule has 0 aliphatic heterocycles. The van der Waals surface area contributed by atoms with E-state index in [0.29, 0.717) is 22.3 Å². The standard InChI is InChI=1S/C27H25NO4/c1-16-13-17(2)26-23(14-16)24(29)15-25(32-26)20-5-7-21(8-6-20)27(30)28-18(3)19-9-11-22(31-4)12-10-19/h5-15,18H,1-4H3,(H,28,30). The van der Waals surface area contributed by atoms with Crippen LogP contribution in [0.5, 0.6) is 5.75 Å². The van der Waals surface area contributed by atoms with Gasteiger partial charge in [0.15, 0.2) is 5.43 Å². The van der Waals surface area contributed by atoms with Gasteiger partial charge in [0.1, 0.15) is 17.1 Å².